The van der Waals surface area contributed by atoms with E-state index < -0.39 is 35.9 Å². The van der Waals surface area contributed by atoms with Crippen LogP contribution in [0, 0.1) is 0 Å². The maximum Gasteiger partial charge on any atom is 0.330 e. The predicted molar refractivity (Wildman–Crippen MR) is 101 cm³/mol. The van der Waals surface area contributed by atoms with E-state index in [9.17, 15) is 19.5 Å². The number of H-pyrrole nitrogens is 1. The highest BCUT2D eigenvalue weighted by atomic mass is 16.6. The van der Waals surface area contributed by atoms with Gasteiger partial charge in [0.1, 0.15) is 12.3 Å². The predicted octanol–water partition coefficient (Wildman–Crippen LogP) is -0.651. The molecule has 0 radical (unpaired) electrons. The van der Waals surface area contributed by atoms with Crippen LogP contribution in [-0.2, 0) is 14.3 Å². The second-order valence-electron chi connectivity index (χ2n) is 6.59. The zero-order chi connectivity index (χ0) is 20.5. The average Bonchev–Trinajstić information content (AvgIpc) is 3.03. The molecule has 10 heteroatoms. The van der Waals surface area contributed by atoms with Gasteiger partial charge in [0.15, 0.2) is 6.23 Å². The number of aliphatic hydroxyl groups excluding tert-OH is 1. The molecule has 1 saturated heterocycles. The first-order valence-corrected chi connectivity index (χ1v) is 9.33. The Morgan fingerprint density at radius 1 is 1.50 bits per heavy atom. The van der Waals surface area contributed by atoms with Gasteiger partial charge in [-0.1, -0.05) is 12.5 Å². The van der Waals surface area contributed by atoms with E-state index in [4.69, 9.17) is 15.2 Å². The molecule has 1 aliphatic rings. The van der Waals surface area contributed by atoms with Gasteiger partial charge in [-0.05, 0) is 19.4 Å². The third-order valence-corrected chi connectivity index (χ3v) is 4.40. The van der Waals surface area contributed by atoms with Crippen LogP contribution in [0.3, 0.4) is 0 Å². The Balaban J connectivity index is 2.03. The number of nitrogens with zero attached hydrogens (tertiary/aromatic N) is 1. The second-order valence-corrected chi connectivity index (χ2v) is 6.59. The highest BCUT2D eigenvalue weighted by Crippen LogP contribution is 2.29. The van der Waals surface area contributed by atoms with Gasteiger partial charge in [-0.3, -0.25) is 19.1 Å². The van der Waals surface area contributed by atoms with Gasteiger partial charge in [-0.2, -0.15) is 0 Å². The number of rotatable bonds is 11. The minimum absolute atomic E-state index is 0.108. The van der Waals surface area contributed by atoms with Gasteiger partial charge in [0, 0.05) is 25.1 Å². The third kappa shape index (κ3) is 6.13. The monoisotopic (exact) mass is 396 g/mol. The minimum atomic E-state index is -0.976. The van der Waals surface area contributed by atoms with E-state index in [1.165, 1.54) is 22.9 Å². The van der Waals surface area contributed by atoms with Crippen molar-refractivity contribution in [2.24, 2.45) is 5.73 Å². The van der Waals surface area contributed by atoms with E-state index in [2.05, 4.69) is 16.9 Å². The fourth-order valence-electron chi connectivity index (χ4n) is 3.00. The van der Waals surface area contributed by atoms with Crippen molar-refractivity contribution in [1.82, 2.24) is 14.9 Å². The zero-order valence-electron chi connectivity index (χ0n) is 15.7. The van der Waals surface area contributed by atoms with E-state index in [1.54, 1.807) is 0 Å². The van der Waals surface area contributed by atoms with Gasteiger partial charge in [0.05, 0.1) is 12.7 Å². The molecule has 1 amide bonds. The number of hydrogen-bond acceptors (Lipinski definition) is 7. The van der Waals surface area contributed by atoms with Crippen molar-refractivity contribution in [2.45, 2.75) is 56.8 Å². The van der Waals surface area contributed by atoms with Crippen LogP contribution in [0.2, 0.25) is 0 Å². The van der Waals surface area contributed by atoms with Gasteiger partial charge >= 0.3 is 5.69 Å². The van der Waals surface area contributed by atoms with Crippen molar-refractivity contribution in [3.8, 4) is 0 Å². The van der Waals surface area contributed by atoms with Gasteiger partial charge in [-0.25, -0.2) is 4.79 Å². The molecule has 1 fully saturated rings. The van der Waals surface area contributed by atoms with Crippen LogP contribution >= 0.6 is 0 Å². The van der Waals surface area contributed by atoms with Crippen molar-refractivity contribution in [1.29, 1.82) is 0 Å². The summed E-state index contributed by atoms with van der Waals surface area (Å²) in [5.41, 5.74) is 4.28. The molecule has 5 N–H and O–H groups in total. The van der Waals surface area contributed by atoms with Crippen LogP contribution in [0.1, 0.15) is 38.3 Å². The average molecular weight is 396 g/mol. The summed E-state index contributed by atoms with van der Waals surface area (Å²) in [6.45, 7) is 4.31. The number of aromatic amines is 1. The molecule has 1 unspecified atom stereocenters. The van der Waals surface area contributed by atoms with Crippen molar-refractivity contribution in [3.63, 3.8) is 0 Å². The molecule has 0 saturated carbocycles. The normalized spacial score (nSPS) is 22.7. The first-order valence-electron chi connectivity index (χ1n) is 9.33. The maximum absolute atomic E-state index is 12.2. The fraction of sp³-hybridized carbons (Fsp3) is 0.611. The summed E-state index contributed by atoms with van der Waals surface area (Å²) >= 11 is 0. The molecule has 156 valence electrons. The van der Waals surface area contributed by atoms with E-state index in [1.807, 2.05) is 0 Å². The number of carbonyl (C=O) groups is 1. The molecule has 4 atom stereocenters. The number of ether oxygens (including phenoxy) is 2. The van der Waals surface area contributed by atoms with Gasteiger partial charge in [0.2, 0.25) is 5.91 Å². The summed E-state index contributed by atoms with van der Waals surface area (Å²) in [4.78, 5) is 37.5. The summed E-state index contributed by atoms with van der Waals surface area (Å²) in [7, 11) is 0. The molecule has 2 heterocycles. The van der Waals surface area contributed by atoms with Gasteiger partial charge in [-0.15, -0.1) is 6.58 Å². The van der Waals surface area contributed by atoms with Crippen LogP contribution < -0.4 is 22.3 Å². The van der Waals surface area contributed by atoms with Crippen LogP contribution in [0.4, 0.5) is 0 Å². The SMILES string of the molecule is C=CCOC(NC(=O)CCCCCN)[C@H]1O[C@@H](n2ccc(=O)[nH]c2=O)C[C@@H]1O. The topological polar surface area (TPSA) is 149 Å². The van der Waals surface area contributed by atoms with Crippen LogP contribution in [-0.4, -0.2) is 52.2 Å². The number of hydrogen-bond donors (Lipinski definition) is 4. The summed E-state index contributed by atoms with van der Waals surface area (Å²) in [6.07, 6.45) is 2.08. The smallest absolute Gasteiger partial charge is 0.330 e. The van der Waals surface area contributed by atoms with Crippen molar-refractivity contribution in [3.05, 3.63) is 45.8 Å². The van der Waals surface area contributed by atoms with E-state index in [-0.39, 0.29) is 18.9 Å². The quantitative estimate of drug-likeness (QED) is 0.221. The molecular weight excluding hydrogens is 368 g/mol. The summed E-state index contributed by atoms with van der Waals surface area (Å²) < 4.78 is 12.5. The molecule has 0 aliphatic carbocycles. The molecular formula is C18H28N4O6. The molecule has 1 aromatic rings. The Labute approximate surface area is 162 Å². The van der Waals surface area contributed by atoms with Gasteiger partial charge < -0.3 is 25.6 Å². The number of nitrogens with two attached hydrogens (primary N) is 1. The Bertz CT molecular complexity index is 761. The van der Waals surface area contributed by atoms with Crippen LogP contribution in [0.5, 0.6) is 0 Å². The van der Waals surface area contributed by atoms with Crippen LogP contribution in [0.25, 0.3) is 0 Å². The van der Waals surface area contributed by atoms with E-state index >= 15 is 0 Å². The van der Waals surface area contributed by atoms with Crippen LogP contribution in [0.15, 0.2) is 34.5 Å². The van der Waals surface area contributed by atoms with Crippen molar-refractivity contribution < 1.29 is 19.4 Å². The molecule has 1 aromatic heterocycles. The molecule has 2 rings (SSSR count). The highest BCUT2D eigenvalue weighted by Gasteiger charge is 2.41. The number of aromatic nitrogens is 2. The molecule has 0 spiro atoms. The number of nitrogens with one attached hydrogen (secondary N) is 2. The zero-order valence-corrected chi connectivity index (χ0v) is 15.7. The minimum Gasteiger partial charge on any atom is -0.390 e. The summed E-state index contributed by atoms with van der Waals surface area (Å²) in [5, 5.41) is 13.1. The number of unbranched alkanes of at least 4 members (excludes halogenated alkanes) is 2. The molecule has 28 heavy (non-hydrogen) atoms. The maximum atomic E-state index is 12.2. The number of carbonyl (C=O) groups excluding carboxylic acids is 1. The highest BCUT2D eigenvalue weighted by molar-refractivity contribution is 5.76. The lowest BCUT2D eigenvalue weighted by atomic mass is 10.1. The number of aliphatic hydroxyl groups is 1. The second kappa shape index (κ2) is 10.9. The van der Waals surface area contributed by atoms with E-state index in [0.29, 0.717) is 19.4 Å². The lowest BCUT2D eigenvalue weighted by Crippen LogP contribution is -2.49. The molecule has 0 bridgehead atoms. The lowest BCUT2D eigenvalue weighted by molar-refractivity contribution is -0.139. The Morgan fingerprint density at radius 3 is 2.96 bits per heavy atom. The Hall–Kier alpha value is -2.27. The number of amides is 1. The summed E-state index contributed by atoms with van der Waals surface area (Å²) in [5.74, 6) is -0.230. The van der Waals surface area contributed by atoms with Gasteiger partial charge in [0.25, 0.3) is 5.56 Å². The summed E-state index contributed by atoms with van der Waals surface area (Å²) in [6, 6.07) is 1.19. The first-order chi connectivity index (χ1) is 13.5. The lowest BCUT2D eigenvalue weighted by Gasteiger charge is -2.26. The molecule has 1 aliphatic heterocycles. The van der Waals surface area contributed by atoms with Crippen molar-refractivity contribution >= 4 is 5.91 Å². The molecule has 0 aromatic carbocycles. The first kappa shape index (κ1) is 22.0. The molecule has 10 nitrogen and oxygen atoms in total. The third-order valence-electron chi connectivity index (χ3n) is 4.40. The Kier molecular flexibility index (Phi) is 8.58. The Morgan fingerprint density at radius 2 is 2.29 bits per heavy atom. The fourth-order valence-corrected chi connectivity index (χ4v) is 3.00. The largest absolute Gasteiger partial charge is 0.390 e. The standard InChI is InChI=1S/C18H28N4O6/c1-2-10-27-17(20-13(24)6-4-3-5-8-19)16-12(23)11-15(28-16)22-9-7-14(25)21-18(22)26/h2,7,9,12,15-17,23H,1,3-6,8,10-11,19H2,(H,20,24)(H,21,25,26)/t12-,15+,16-,17?/m0/s1. The van der Waals surface area contributed by atoms with E-state index in [0.717, 1.165) is 12.8 Å². The van der Waals surface area contributed by atoms with Crippen molar-refractivity contribution in [2.75, 3.05) is 13.2 Å².